The minimum Gasteiger partial charge on any atom is -0.378 e. The molecule has 25 heavy (non-hydrogen) atoms. The molecule has 1 fully saturated rings. The Balaban J connectivity index is 1.74. The largest absolute Gasteiger partial charge is 0.378 e. The van der Waals surface area contributed by atoms with Crippen LogP contribution in [-0.2, 0) is 6.54 Å². The smallest absolute Gasteiger partial charge is 0.224 e. The van der Waals surface area contributed by atoms with Crippen LogP contribution in [0.25, 0.3) is 0 Å². The monoisotopic (exact) mass is 363 g/mol. The van der Waals surface area contributed by atoms with Gasteiger partial charge in [0.2, 0.25) is 5.28 Å². The number of nitrogens with one attached hydrogen (secondary N) is 3. The summed E-state index contributed by atoms with van der Waals surface area (Å²) in [5.41, 5.74) is 2.22. The summed E-state index contributed by atoms with van der Waals surface area (Å²) >= 11 is 5.98. The molecule has 0 bridgehead atoms. The maximum atomic E-state index is 14.0. The Labute approximate surface area is 152 Å². The van der Waals surface area contributed by atoms with E-state index in [-0.39, 0.29) is 11.1 Å². The van der Waals surface area contributed by atoms with Gasteiger partial charge in [0.1, 0.15) is 11.6 Å². The average Bonchev–Trinajstić information content (AvgIpc) is 2.85. The molecule has 134 valence electrons. The van der Waals surface area contributed by atoms with E-state index in [2.05, 4.69) is 25.9 Å². The van der Waals surface area contributed by atoms with Crippen molar-refractivity contribution < 1.29 is 4.39 Å². The minimum absolute atomic E-state index is 0.204. The van der Waals surface area contributed by atoms with E-state index in [0.29, 0.717) is 24.1 Å². The first-order valence-electron chi connectivity index (χ1n) is 8.61. The van der Waals surface area contributed by atoms with Crippen molar-refractivity contribution in [3.8, 4) is 0 Å². The molecule has 1 aliphatic rings. The second-order valence-corrected chi connectivity index (χ2v) is 6.68. The molecule has 0 saturated carbocycles. The van der Waals surface area contributed by atoms with Gasteiger partial charge in [-0.3, -0.25) is 0 Å². The lowest BCUT2D eigenvalue weighted by molar-refractivity contribution is 0.628. The fourth-order valence-electron chi connectivity index (χ4n) is 3.01. The molecule has 0 unspecified atom stereocenters. The topological polar surface area (TPSA) is 61.9 Å². The predicted molar refractivity (Wildman–Crippen MR) is 99.6 cm³/mol. The highest BCUT2D eigenvalue weighted by atomic mass is 35.5. The second-order valence-electron chi connectivity index (χ2n) is 6.34. The maximum Gasteiger partial charge on any atom is 0.224 e. The van der Waals surface area contributed by atoms with Crippen molar-refractivity contribution >= 4 is 23.1 Å². The lowest BCUT2D eigenvalue weighted by Crippen LogP contribution is -2.31. The van der Waals surface area contributed by atoms with Crippen LogP contribution in [0.1, 0.15) is 30.4 Å². The molecule has 3 rings (SSSR count). The molecule has 3 N–H and O–H groups in total. The lowest BCUT2D eigenvalue weighted by atomic mass is 10.1. The maximum absolute atomic E-state index is 14.0. The van der Waals surface area contributed by atoms with E-state index in [0.717, 1.165) is 30.6 Å². The molecular weight excluding hydrogens is 341 g/mol. The number of rotatable bonds is 5. The highest BCUT2D eigenvalue weighted by molar-refractivity contribution is 6.28. The third-order valence-electron chi connectivity index (χ3n) is 4.40. The summed E-state index contributed by atoms with van der Waals surface area (Å²) in [6.07, 6.45) is 5.12. The lowest BCUT2D eigenvalue weighted by Gasteiger charge is -2.20. The van der Waals surface area contributed by atoms with Crippen LogP contribution in [0.2, 0.25) is 5.28 Å². The van der Waals surface area contributed by atoms with E-state index in [1.165, 1.54) is 18.9 Å². The first-order valence-corrected chi connectivity index (χ1v) is 8.99. The molecule has 0 aliphatic carbocycles. The van der Waals surface area contributed by atoms with Crippen LogP contribution in [-0.4, -0.2) is 29.1 Å². The number of benzene rings is 1. The molecule has 2 heterocycles. The van der Waals surface area contributed by atoms with Gasteiger partial charge in [-0.2, -0.15) is 0 Å². The number of aryl methyl sites for hydroxylation is 1. The van der Waals surface area contributed by atoms with E-state index in [9.17, 15) is 4.39 Å². The van der Waals surface area contributed by atoms with E-state index in [1.54, 1.807) is 12.3 Å². The van der Waals surface area contributed by atoms with Gasteiger partial charge in [-0.15, -0.1) is 0 Å². The summed E-state index contributed by atoms with van der Waals surface area (Å²) < 4.78 is 14.0. The van der Waals surface area contributed by atoms with Crippen LogP contribution < -0.4 is 16.0 Å². The zero-order chi connectivity index (χ0) is 17.6. The number of nitrogens with zero attached hydrogens (tertiary/aromatic N) is 2. The van der Waals surface area contributed by atoms with Crippen LogP contribution >= 0.6 is 11.6 Å². The number of hydrogen-bond acceptors (Lipinski definition) is 5. The molecule has 2 aromatic rings. The van der Waals surface area contributed by atoms with Gasteiger partial charge in [0, 0.05) is 30.9 Å². The van der Waals surface area contributed by atoms with E-state index in [4.69, 9.17) is 11.6 Å². The molecule has 1 aromatic carbocycles. The van der Waals surface area contributed by atoms with Gasteiger partial charge in [-0.25, -0.2) is 14.4 Å². The summed E-state index contributed by atoms with van der Waals surface area (Å²) in [7, 11) is 0. The Bertz CT molecular complexity index is 696. The minimum atomic E-state index is -0.266. The third kappa shape index (κ3) is 4.80. The molecule has 1 aliphatic heterocycles. The van der Waals surface area contributed by atoms with Gasteiger partial charge in [-0.1, -0.05) is 18.6 Å². The zero-order valence-corrected chi connectivity index (χ0v) is 15.0. The number of aromatic nitrogens is 2. The molecule has 0 amide bonds. The first-order chi connectivity index (χ1) is 12.1. The standard InChI is InChI=1S/C18H23ClFN5/c1-12-5-4-7-15(20)16(12)22-9-13-10-23-18(19)25-17(13)24-14-6-2-3-8-21-11-14/h4-5,7,10,14,21-22H,2-3,6,8-9,11H2,1H3,(H,23,24,25)/t14-/m0/s1. The van der Waals surface area contributed by atoms with Gasteiger partial charge in [0.05, 0.1) is 5.69 Å². The summed E-state index contributed by atoms with van der Waals surface area (Å²) in [5, 5.41) is 10.2. The third-order valence-corrected chi connectivity index (χ3v) is 4.58. The Morgan fingerprint density at radius 2 is 2.24 bits per heavy atom. The predicted octanol–water partition coefficient (Wildman–Crippen LogP) is 3.74. The van der Waals surface area contributed by atoms with Crippen molar-refractivity contribution in [3.63, 3.8) is 0 Å². The van der Waals surface area contributed by atoms with Gasteiger partial charge in [0.15, 0.2) is 0 Å². The normalized spacial score (nSPS) is 17.8. The number of halogens is 2. The van der Waals surface area contributed by atoms with Crippen LogP contribution in [0.15, 0.2) is 24.4 Å². The van der Waals surface area contributed by atoms with Gasteiger partial charge in [0.25, 0.3) is 0 Å². The Morgan fingerprint density at radius 3 is 3.08 bits per heavy atom. The fourth-order valence-corrected chi connectivity index (χ4v) is 3.15. The van der Waals surface area contributed by atoms with Crippen molar-refractivity contribution in [3.05, 3.63) is 46.6 Å². The van der Waals surface area contributed by atoms with E-state index >= 15 is 0 Å². The van der Waals surface area contributed by atoms with Crippen LogP contribution in [0, 0.1) is 12.7 Å². The molecule has 1 atom stereocenters. The van der Waals surface area contributed by atoms with Crippen molar-refractivity contribution in [2.45, 2.75) is 38.8 Å². The summed E-state index contributed by atoms with van der Waals surface area (Å²) in [5.74, 6) is 0.438. The molecular formula is C18H23ClFN5. The molecule has 5 nitrogen and oxygen atoms in total. The Morgan fingerprint density at radius 1 is 1.36 bits per heavy atom. The summed E-state index contributed by atoms with van der Waals surface area (Å²) in [6.45, 7) is 4.23. The van der Waals surface area contributed by atoms with Crippen LogP contribution in [0.5, 0.6) is 0 Å². The van der Waals surface area contributed by atoms with E-state index < -0.39 is 0 Å². The summed E-state index contributed by atoms with van der Waals surface area (Å²) in [6, 6.07) is 5.32. The Hall–Kier alpha value is -1.92. The van der Waals surface area contributed by atoms with Crippen LogP contribution in [0.4, 0.5) is 15.9 Å². The highest BCUT2D eigenvalue weighted by Crippen LogP contribution is 2.22. The van der Waals surface area contributed by atoms with Crippen LogP contribution in [0.3, 0.4) is 0 Å². The van der Waals surface area contributed by atoms with Gasteiger partial charge >= 0.3 is 0 Å². The highest BCUT2D eigenvalue weighted by Gasteiger charge is 2.15. The SMILES string of the molecule is Cc1cccc(F)c1NCc1cnc(Cl)nc1N[C@H]1CCCCNC1. The molecule has 0 radical (unpaired) electrons. The Kier molecular flexibility index (Phi) is 6.04. The average molecular weight is 364 g/mol. The molecule has 1 saturated heterocycles. The number of anilines is 2. The van der Waals surface area contributed by atoms with Crippen molar-refractivity contribution in [1.82, 2.24) is 15.3 Å². The van der Waals surface area contributed by atoms with Crippen molar-refractivity contribution in [1.29, 1.82) is 0 Å². The summed E-state index contributed by atoms with van der Waals surface area (Å²) in [4.78, 5) is 8.41. The first kappa shape index (κ1) is 17.9. The molecule has 1 aromatic heterocycles. The zero-order valence-electron chi connectivity index (χ0n) is 14.3. The van der Waals surface area contributed by atoms with Gasteiger partial charge in [-0.05, 0) is 49.5 Å². The molecule has 7 heteroatoms. The van der Waals surface area contributed by atoms with Gasteiger partial charge < -0.3 is 16.0 Å². The van der Waals surface area contributed by atoms with Crippen molar-refractivity contribution in [2.75, 3.05) is 23.7 Å². The second kappa shape index (κ2) is 8.45. The number of para-hydroxylation sites is 1. The molecule has 0 spiro atoms. The van der Waals surface area contributed by atoms with E-state index in [1.807, 2.05) is 13.0 Å². The fraction of sp³-hybridized carbons (Fsp3) is 0.444. The quantitative estimate of drug-likeness (QED) is 0.706. The number of hydrogen-bond donors (Lipinski definition) is 3. The van der Waals surface area contributed by atoms with Crippen molar-refractivity contribution in [2.24, 2.45) is 0 Å².